The number of aromatic amines is 1. The number of rotatable bonds is 6. The van der Waals surface area contributed by atoms with E-state index in [4.69, 9.17) is 16.6 Å². The summed E-state index contributed by atoms with van der Waals surface area (Å²) < 4.78 is 2.32. The largest absolute Gasteiger partial charge is 0.309 e. The van der Waals surface area contributed by atoms with Gasteiger partial charge in [0.2, 0.25) is 0 Å². The van der Waals surface area contributed by atoms with E-state index >= 15 is 0 Å². The van der Waals surface area contributed by atoms with Crippen molar-refractivity contribution in [3.8, 4) is 11.1 Å². The van der Waals surface area contributed by atoms with E-state index in [9.17, 15) is 4.79 Å². The van der Waals surface area contributed by atoms with Crippen LogP contribution in [0, 0.1) is 0 Å². The third-order valence-electron chi connectivity index (χ3n) is 5.54. The third-order valence-corrected chi connectivity index (χ3v) is 7.70. The third kappa shape index (κ3) is 3.27. The van der Waals surface area contributed by atoms with Crippen LogP contribution in [0.1, 0.15) is 49.3 Å². The van der Waals surface area contributed by atoms with Gasteiger partial charge in [-0.25, -0.2) is 4.98 Å². The SMILES string of the molecule is O=c1[nH]c(CSc2nnc(C3CC3)n2C2CC2)nc2scc(-c3ccccc3Cl)c12. The van der Waals surface area contributed by atoms with Crippen molar-refractivity contribution >= 4 is 44.9 Å². The molecule has 0 unspecified atom stereocenters. The van der Waals surface area contributed by atoms with Gasteiger partial charge in [-0.05, 0) is 31.7 Å². The Bertz CT molecular complexity index is 1320. The zero-order valence-electron chi connectivity index (χ0n) is 16.0. The second-order valence-electron chi connectivity index (χ2n) is 7.83. The molecule has 2 fully saturated rings. The van der Waals surface area contributed by atoms with E-state index in [2.05, 4.69) is 19.7 Å². The summed E-state index contributed by atoms with van der Waals surface area (Å²) in [6, 6.07) is 8.10. The zero-order chi connectivity index (χ0) is 20.2. The second-order valence-corrected chi connectivity index (χ2v) is 10.0. The molecule has 2 aliphatic rings. The molecule has 0 saturated heterocycles. The molecule has 3 heterocycles. The van der Waals surface area contributed by atoms with Gasteiger partial charge in [0.25, 0.3) is 5.56 Å². The number of aromatic nitrogens is 5. The van der Waals surface area contributed by atoms with Gasteiger partial charge in [0.15, 0.2) is 5.16 Å². The first-order chi connectivity index (χ1) is 14.7. The highest BCUT2D eigenvalue weighted by Gasteiger charge is 2.36. The van der Waals surface area contributed by atoms with Crippen molar-refractivity contribution in [1.82, 2.24) is 24.7 Å². The fourth-order valence-electron chi connectivity index (χ4n) is 3.76. The molecule has 2 aliphatic carbocycles. The number of thiophene rings is 1. The molecule has 6 nitrogen and oxygen atoms in total. The van der Waals surface area contributed by atoms with E-state index in [1.54, 1.807) is 11.8 Å². The van der Waals surface area contributed by atoms with Crippen LogP contribution in [0.3, 0.4) is 0 Å². The van der Waals surface area contributed by atoms with Crippen molar-refractivity contribution in [2.24, 2.45) is 0 Å². The number of benzene rings is 1. The maximum atomic E-state index is 12.9. The fourth-order valence-corrected chi connectivity index (χ4v) is 5.83. The molecule has 0 aliphatic heterocycles. The number of nitrogens with zero attached hydrogens (tertiary/aromatic N) is 4. The quantitative estimate of drug-likeness (QED) is 0.394. The summed E-state index contributed by atoms with van der Waals surface area (Å²) in [5, 5.41) is 13.0. The van der Waals surface area contributed by atoms with Gasteiger partial charge in [-0.1, -0.05) is 41.6 Å². The van der Waals surface area contributed by atoms with Crippen molar-refractivity contribution in [2.45, 2.75) is 48.6 Å². The molecule has 1 N–H and O–H groups in total. The Morgan fingerprint density at radius 3 is 2.77 bits per heavy atom. The summed E-state index contributed by atoms with van der Waals surface area (Å²) in [5.41, 5.74) is 1.55. The Labute approximate surface area is 185 Å². The van der Waals surface area contributed by atoms with Gasteiger partial charge in [0, 0.05) is 33.5 Å². The van der Waals surface area contributed by atoms with E-state index in [1.807, 2.05) is 29.6 Å². The number of nitrogens with one attached hydrogen (secondary N) is 1. The van der Waals surface area contributed by atoms with E-state index in [1.165, 1.54) is 37.0 Å². The van der Waals surface area contributed by atoms with Crippen molar-refractivity contribution in [3.63, 3.8) is 0 Å². The van der Waals surface area contributed by atoms with Gasteiger partial charge in [-0.15, -0.1) is 21.5 Å². The first-order valence-corrected chi connectivity index (χ1v) is 12.3. The zero-order valence-corrected chi connectivity index (χ0v) is 18.4. The minimum atomic E-state index is -0.130. The van der Waals surface area contributed by atoms with Gasteiger partial charge in [0.1, 0.15) is 16.5 Å². The maximum Gasteiger partial charge on any atom is 0.260 e. The van der Waals surface area contributed by atoms with Crippen LogP contribution in [0.15, 0.2) is 39.6 Å². The van der Waals surface area contributed by atoms with Crippen molar-refractivity contribution in [2.75, 3.05) is 0 Å². The molecule has 2 saturated carbocycles. The monoisotopic (exact) mass is 455 g/mol. The molecule has 30 heavy (non-hydrogen) atoms. The summed E-state index contributed by atoms with van der Waals surface area (Å²) in [5.74, 6) is 2.93. The second kappa shape index (κ2) is 7.21. The van der Waals surface area contributed by atoms with E-state index in [-0.39, 0.29) is 5.56 Å². The van der Waals surface area contributed by atoms with Crippen molar-refractivity contribution in [3.05, 3.63) is 56.7 Å². The number of hydrogen-bond acceptors (Lipinski definition) is 6. The lowest BCUT2D eigenvalue weighted by Gasteiger charge is -2.08. The molecule has 9 heteroatoms. The molecule has 0 radical (unpaired) electrons. The number of hydrogen-bond donors (Lipinski definition) is 1. The van der Waals surface area contributed by atoms with Gasteiger partial charge >= 0.3 is 0 Å². The fraction of sp³-hybridized carbons (Fsp3) is 0.333. The molecular formula is C21H18ClN5OS2. The van der Waals surface area contributed by atoms with E-state index < -0.39 is 0 Å². The van der Waals surface area contributed by atoms with Crippen LogP contribution in [-0.2, 0) is 5.75 Å². The minimum Gasteiger partial charge on any atom is -0.309 e. The lowest BCUT2D eigenvalue weighted by Crippen LogP contribution is -2.11. The van der Waals surface area contributed by atoms with Crippen LogP contribution < -0.4 is 5.56 Å². The highest BCUT2D eigenvalue weighted by Crippen LogP contribution is 2.46. The molecule has 0 spiro atoms. The Balaban J connectivity index is 1.30. The normalized spacial score (nSPS) is 16.4. The summed E-state index contributed by atoms with van der Waals surface area (Å²) >= 11 is 9.41. The maximum absolute atomic E-state index is 12.9. The summed E-state index contributed by atoms with van der Waals surface area (Å²) in [4.78, 5) is 21.3. The molecule has 1 aromatic carbocycles. The lowest BCUT2D eigenvalue weighted by atomic mass is 10.1. The van der Waals surface area contributed by atoms with E-state index in [0.29, 0.717) is 33.9 Å². The van der Waals surface area contributed by atoms with Crippen LogP contribution in [0.2, 0.25) is 5.02 Å². The van der Waals surface area contributed by atoms with Gasteiger partial charge in [0.05, 0.1) is 11.1 Å². The molecular weight excluding hydrogens is 438 g/mol. The molecule has 4 aromatic rings. The summed E-state index contributed by atoms with van der Waals surface area (Å²) in [7, 11) is 0. The lowest BCUT2D eigenvalue weighted by molar-refractivity contribution is 0.626. The highest BCUT2D eigenvalue weighted by atomic mass is 35.5. The van der Waals surface area contributed by atoms with Crippen molar-refractivity contribution in [1.29, 1.82) is 0 Å². The number of halogens is 1. The van der Waals surface area contributed by atoms with Gasteiger partial charge in [-0.3, -0.25) is 4.79 Å². The predicted octanol–water partition coefficient (Wildman–Crippen LogP) is 5.40. The van der Waals surface area contributed by atoms with Crippen molar-refractivity contribution < 1.29 is 0 Å². The standard InChI is InChI=1S/C21H18ClN5OS2/c22-15-4-2-1-3-13(15)14-9-29-20-17(14)19(28)23-16(24-20)10-30-21-26-25-18(11-5-6-11)27(21)12-7-8-12/h1-4,9,11-12H,5-8,10H2,(H,23,24,28). The molecule has 0 atom stereocenters. The number of fused-ring (bicyclic) bond motifs is 1. The first kappa shape index (κ1) is 18.6. The molecule has 0 bridgehead atoms. The minimum absolute atomic E-state index is 0.130. The molecule has 0 amide bonds. The summed E-state index contributed by atoms with van der Waals surface area (Å²) in [6.45, 7) is 0. The highest BCUT2D eigenvalue weighted by molar-refractivity contribution is 7.98. The number of thioether (sulfide) groups is 1. The van der Waals surface area contributed by atoms with Crippen LogP contribution in [0.5, 0.6) is 0 Å². The first-order valence-electron chi connectivity index (χ1n) is 10.0. The van der Waals surface area contributed by atoms with Gasteiger partial charge < -0.3 is 9.55 Å². The Kier molecular flexibility index (Phi) is 4.47. The molecule has 6 rings (SSSR count). The smallest absolute Gasteiger partial charge is 0.260 e. The average molecular weight is 456 g/mol. The topological polar surface area (TPSA) is 76.5 Å². The van der Waals surface area contributed by atoms with Crippen LogP contribution >= 0.6 is 34.7 Å². The Morgan fingerprint density at radius 1 is 1.17 bits per heavy atom. The van der Waals surface area contributed by atoms with Gasteiger partial charge in [-0.2, -0.15) is 0 Å². The van der Waals surface area contributed by atoms with Crippen LogP contribution in [-0.4, -0.2) is 24.7 Å². The molecule has 152 valence electrons. The molecule has 3 aromatic heterocycles. The average Bonchev–Trinajstić information content (AvgIpc) is 3.68. The Morgan fingerprint density at radius 2 is 2.00 bits per heavy atom. The van der Waals surface area contributed by atoms with Crippen LogP contribution in [0.4, 0.5) is 0 Å². The Hall–Kier alpha value is -2.16. The summed E-state index contributed by atoms with van der Waals surface area (Å²) in [6.07, 6.45) is 4.83. The van der Waals surface area contributed by atoms with E-state index in [0.717, 1.165) is 26.9 Å². The predicted molar refractivity (Wildman–Crippen MR) is 121 cm³/mol. The van der Waals surface area contributed by atoms with Crippen LogP contribution in [0.25, 0.3) is 21.3 Å². The number of H-pyrrole nitrogens is 1.